The highest BCUT2D eigenvalue weighted by Crippen LogP contribution is 2.33. The third-order valence-electron chi connectivity index (χ3n) is 3.64. The predicted molar refractivity (Wildman–Crippen MR) is 76.3 cm³/mol. The topological polar surface area (TPSA) is 84.6 Å². The molecule has 1 fully saturated rings. The lowest BCUT2D eigenvalue weighted by Gasteiger charge is -2.37. The minimum Gasteiger partial charge on any atom is -0.394 e. The van der Waals surface area contributed by atoms with E-state index >= 15 is 0 Å². The van der Waals surface area contributed by atoms with E-state index in [1.807, 2.05) is 0 Å². The highest BCUT2D eigenvalue weighted by Gasteiger charge is 2.32. The Labute approximate surface area is 121 Å². The van der Waals surface area contributed by atoms with Gasteiger partial charge in [-0.05, 0) is 31.4 Å². The summed E-state index contributed by atoms with van der Waals surface area (Å²) in [6.45, 7) is 2.90. The van der Waals surface area contributed by atoms with E-state index in [2.05, 4.69) is 5.32 Å². The third kappa shape index (κ3) is 3.03. The fourth-order valence-corrected chi connectivity index (χ4v) is 2.54. The molecule has 1 aliphatic rings. The van der Waals surface area contributed by atoms with E-state index in [0.29, 0.717) is 31.7 Å². The number of aliphatic hydroxyl groups excluding tert-OH is 1. The van der Waals surface area contributed by atoms with Gasteiger partial charge < -0.3 is 15.2 Å². The number of ether oxygens (including phenoxy) is 1. The maximum absolute atomic E-state index is 10.8. The average molecular weight is 301 g/mol. The Balaban J connectivity index is 2.29. The molecular weight excluding hydrogens is 284 g/mol. The first-order chi connectivity index (χ1) is 9.47. The van der Waals surface area contributed by atoms with Crippen LogP contribution < -0.4 is 5.32 Å². The van der Waals surface area contributed by atoms with Gasteiger partial charge in [0.05, 0.1) is 17.1 Å². The van der Waals surface area contributed by atoms with E-state index < -0.39 is 10.5 Å². The van der Waals surface area contributed by atoms with Crippen molar-refractivity contribution in [1.29, 1.82) is 0 Å². The van der Waals surface area contributed by atoms with Crippen LogP contribution in [0, 0.1) is 17.0 Å². The van der Waals surface area contributed by atoms with Gasteiger partial charge >= 0.3 is 0 Å². The molecule has 1 aromatic carbocycles. The number of hydrogen-bond donors (Lipinski definition) is 2. The maximum atomic E-state index is 10.8. The quantitative estimate of drug-likeness (QED) is 0.659. The Morgan fingerprint density at radius 3 is 2.70 bits per heavy atom. The number of hydrogen-bond acceptors (Lipinski definition) is 5. The van der Waals surface area contributed by atoms with Gasteiger partial charge in [0.2, 0.25) is 0 Å². The Hall–Kier alpha value is -1.37. The molecule has 0 unspecified atom stereocenters. The summed E-state index contributed by atoms with van der Waals surface area (Å²) in [7, 11) is 0. The molecular formula is C13H17ClN2O4. The second-order valence-corrected chi connectivity index (χ2v) is 5.46. The van der Waals surface area contributed by atoms with Crippen molar-refractivity contribution >= 4 is 23.0 Å². The number of benzene rings is 1. The van der Waals surface area contributed by atoms with Crippen LogP contribution in [0.25, 0.3) is 0 Å². The van der Waals surface area contributed by atoms with Crippen LogP contribution in [0.4, 0.5) is 11.4 Å². The van der Waals surface area contributed by atoms with Gasteiger partial charge in [-0.1, -0.05) is 11.6 Å². The SMILES string of the molecule is Cc1cc([N+](=O)[O-])c(Cl)cc1NC1(CO)CCOCC1. The summed E-state index contributed by atoms with van der Waals surface area (Å²) < 4.78 is 5.30. The van der Waals surface area contributed by atoms with E-state index in [1.54, 1.807) is 13.0 Å². The standard InChI is InChI=1S/C13H17ClN2O4/c1-9-6-12(16(18)19)10(14)7-11(9)15-13(8-17)2-4-20-5-3-13/h6-7,15,17H,2-5,8H2,1H3. The van der Waals surface area contributed by atoms with Gasteiger partial charge in [0.15, 0.2) is 0 Å². The van der Waals surface area contributed by atoms with E-state index in [9.17, 15) is 15.2 Å². The van der Waals surface area contributed by atoms with Crippen LogP contribution in [0.2, 0.25) is 5.02 Å². The van der Waals surface area contributed by atoms with Crippen molar-refractivity contribution in [2.45, 2.75) is 25.3 Å². The molecule has 0 atom stereocenters. The number of aliphatic hydroxyl groups is 1. The molecule has 110 valence electrons. The highest BCUT2D eigenvalue weighted by molar-refractivity contribution is 6.33. The first-order valence-electron chi connectivity index (χ1n) is 6.39. The van der Waals surface area contributed by atoms with Crippen molar-refractivity contribution in [3.8, 4) is 0 Å². The second-order valence-electron chi connectivity index (χ2n) is 5.05. The van der Waals surface area contributed by atoms with Crippen molar-refractivity contribution < 1.29 is 14.8 Å². The zero-order valence-corrected chi connectivity index (χ0v) is 11.9. The van der Waals surface area contributed by atoms with E-state index in [0.717, 1.165) is 5.56 Å². The highest BCUT2D eigenvalue weighted by atomic mass is 35.5. The number of nitro groups is 1. The summed E-state index contributed by atoms with van der Waals surface area (Å²) in [6.07, 6.45) is 1.36. The molecule has 20 heavy (non-hydrogen) atoms. The Morgan fingerprint density at radius 1 is 1.50 bits per heavy atom. The summed E-state index contributed by atoms with van der Waals surface area (Å²) in [6, 6.07) is 2.98. The van der Waals surface area contributed by atoms with Crippen molar-refractivity contribution in [3.05, 3.63) is 32.8 Å². The van der Waals surface area contributed by atoms with E-state index in [1.165, 1.54) is 6.07 Å². The van der Waals surface area contributed by atoms with Crippen LogP contribution in [0.5, 0.6) is 0 Å². The molecule has 6 nitrogen and oxygen atoms in total. The van der Waals surface area contributed by atoms with Crippen LogP contribution in [-0.4, -0.2) is 35.4 Å². The van der Waals surface area contributed by atoms with Crippen LogP contribution in [0.1, 0.15) is 18.4 Å². The first-order valence-corrected chi connectivity index (χ1v) is 6.76. The average Bonchev–Trinajstić information content (AvgIpc) is 2.43. The molecule has 7 heteroatoms. The van der Waals surface area contributed by atoms with Crippen LogP contribution >= 0.6 is 11.6 Å². The molecule has 0 aromatic heterocycles. The molecule has 1 aromatic rings. The van der Waals surface area contributed by atoms with Gasteiger partial charge in [0.1, 0.15) is 5.02 Å². The van der Waals surface area contributed by atoms with Gasteiger partial charge in [0, 0.05) is 25.0 Å². The van der Waals surface area contributed by atoms with Crippen molar-refractivity contribution in [1.82, 2.24) is 0 Å². The zero-order valence-electron chi connectivity index (χ0n) is 11.2. The summed E-state index contributed by atoms with van der Waals surface area (Å²) in [5.74, 6) is 0. The normalized spacial score (nSPS) is 17.8. The number of nitrogens with zero attached hydrogens (tertiary/aromatic N) is 1. The lowest BCUT2D eigenvalue weighted by molar-refractivity contribution is -0.384. The van der Waals surface area contributed by atoms with Gasteiger partial charge in [0.25, 0.3) is 5.69 Å². The minimum atomic E-state index is -0.505. The molecule has 0 spiro atoms. The first kappa shape index (κ1) is 15.0. The summed E-state index contributed by atoms with van der Waals surface area (Å²) in [5.41, 5.74) is 0.861. The van der Waals surface area contributed by atoms with Crippen molar-refractivity contribution in [2.24, 2.45) is 0 Å². The molecule has 0 bridgehead atoms. The van der Waals surface area contributed by atoms with Gasteiger partial charge in [-0.25, -0.2) is 0 Å². The molecule has 0 radical (unpaired) electrons. The van der Waals surface area contributed by atoms with Crippen molar-refractivity contribution in [3.63, 3.8) is 0 Å². The number of aryl methyl sites for hydroxylation is 1. The molecule has 2 N–H and O–H groups in total. The number of rotatable bonds is 4. The Kier molecular flexibility index (Phi) is 4.47. The minimum absolute atomic E-state index is 0.0234. The Morgan fingerprint density at radius 2 is 2.15 bits per heavy atom. The fourth-order valence-electron chi connectivity index (χ4n) is 2.31. The van der Waals surface area contributed by atoms with Gasteiger partial charge in [-0.15, -0.1) is 0 Å². The smallest absolute Gasteiger partial charge is 0.288 e. The fraction of sp³-hybridized carbons (Fsp3) is 0.538. The summed E-state index contributed by atoms with van der Waals surface area (Å²) in [4.78, 5) is 10.3. The third-order valence-corrected chi connectivity index (χ3v) is 3.95. The molecule has 0 aliphatic carbocycles. The molecule has 2 rings (SSSR count). The lowest BCUT2D eigenvalue weighted by atomic mass is 9.90. The predicted octanol–water partition coefficient (Wildman–Crippen LogP) is 2.51. The molecule has 1 aliphatic heterocycles. The largest absolute Gasteiger partial charge is 0.394 e. The molecule has 1 heterocycles. The summed E-state index contributed by atoms with van der Waals surface area (Å²) in [5, 5.41) is 23.9. The number of halogens is 1. The van der Waals surface area contributed by atoms with Crippen molar-refractivity contribution in [2.75, 3.05) is 25.1 Å². The molecule has 0 amide bonds. The number of anilines is 1. The van der Waals surface area contributed by atoms with Gasteiger partial charge in [-0.3, -0.25) is 10.1 Å². The number of nitrogens with one attached hydrogen (secondary N) is 1. The lowest BCUT2D eigenvalue weighted by Crippen LogP contribution is -2.47. The van der Waals surface area contributed by atoms with Crippen LogP contribution in [-0.2, 0) is 4.74 Å². The second kappa shape index (κ2) is 5.95. The number of nitro benzene ring substituents is 1. The maximum Gasteiger partial charge on any atom is 0.288 e. The summed E-state index contributed by atoms with van der Waals surface area (Å²) >= 11 is 5.93. The van der Waals surface area contributed by atoms with Crippen LogP contribution in [0.3, 0.4) is 0 Å². The van der Waals surface area contributed by atoms with E-state index in [4.69, 9.17) is 16.3 Å². The van der Waals surface area contributed by atoms with Crippen LogP contribution in [0.15, 0.2) is 12.1 Å². The Bertz CT molecular complexity index is 515. The molecule has 0 saturated carbocycles. The molecule has 1 saturated heterocycles. The zero-order chi connectivity index (χ0) is 14.8. The van der Waals surface area contributed by atoms with Gasteiger partial charge in [-0.2, -0.15) is 0 Å². The van der Waals surface area contributed by atoms with E-state index in [-0.39, 0.29) is 17.3 Å². The monoisotopic (exact) mass is 300 g/mol.